The van der Waals surface area contributed by atoms with Gasteiger partial charge in [-0.05, 0) is 105 Å². The van der Waals surface area contributed by atoms with Crippen molar-refractivity contribution in [1.82, 2.24) is 0 Å². The number of ether oxygens (including phenoxy) is 3. The highest BCUT2D eigenvalue weighted by atomic mass is 16.8. The smallest absolute Gasteiger partial charge is 0.199 e. The van der Waals surface area contributed by atoms with E-state index in [9.17, 15) is 10.2 Å². The topological polar surface area (TPSA) is 68.2 Å². The summed E-state index contributed by atoms with van der Waals surface area (Å²) in [6.45, 7) is 16.1. The standard InChI is InChI=1S/C31H50O5/c1-17-15-18-23(26(4,5)34-8)36-31(35-18)22(17)27(6)13-14-30-16-29(30)12-11-21(32)25(2,3)19(29)9-10-20(30)28(27,7)24(31)33/h17-24,32-33H,9-16H2,1-8H3. The van der Waals surface area contributed by atoms with Crippen molar-refractivity contribution in [2.45, 2.75) is 136 Å². The van der Waals surface area contributed by atoms with Gasteiger partial charge in [0.2, 0.25) is 0 Å². The van der Waals surface area contributed by atoms with E-state index < -0.39 is 17.5 Å². The normalized spacial score (nSPS) is 62.5. The van der Waals surface area contributed by atoms with Crippen molar-refractivity contribution in [2.75, 3.05) is 7.11 Å². The van der Waals surface area contributed by atoms with E-state index in [1.807, 2.05) is 0 Å². The highest BCUT2D eigenvalue weighted by Gasteiger charge is 2.88. The average molecular weight is 503 g/mol. The first-order valence-corrected chi connectivity index (χ1v) is 14.9. The fourth-order valence-corrected chi connectivity index (χ4v) is 12.8. The Hall–Kier alpha value is -0.200. The maximum atomic E-state index is 12.6. The Morgan fingerprint density at radius 1 is 0.889 bits per heavy atom. The molecule has 7 rings (SSSR count). The van der Waals surface area contributed by atoms with Gasteiger partial charge in [0.05, 0.1) is 17.8 Å². The van der Waals surface area contributed by atoms with Gasteiger partial charge in [0.15, 0.2) is 5.79 Å². The second-order valence-electron chi connectivity index (χ2n) is 16.1. The monoisotopic (exact) mass is 502 g/mol. The molecule has 2 bridgehead atoms. The molecule has 5 aliphatic carbocycles. The Bertz CT molecular complexity index is 978. The van der Waals surface area contributed by atoms with Gasteiger partial charge < -0.3 is 24.4 Å². The lowest BCUT2D eigenvalue weighted by Gasteiger charge is -2.63. The summed E-state index contributed by atoms with van der Waals surface area (Å²) in [6, 6.07) is 0. The molecule has 0 aromatic rings. The van der Waals surface area contributed by atoms with Crippen LogP contribution in [0, 0.1) is 50.7 Å². The van der Waals surface area contributed by atoms with Crippen LogP contribution in [0.4, 0.5) is 0 Å². The third-order valence-electron chi connectivity index (χ3n) is 14.7. The van der Waals surface area contributed by atoms with Crippen molar-refractivity contribution in [3.63, 3.8) is 0 Å². The van der Waals surface area contributed by atoms with Crippen LogP contribution in [0.2, 0.25) is 0 Å². The third kappa shape index (κ3) is 2.33. The third-order valence-corrected chi connectivity index (χ3v) is 14.7. The van der Waals surface area contributed by atoms with E-state index in [1.165, 1.54) is 19.3 Å². The molecule has 13 atom stereocenters. The summed E-state index contributed by atoms with van der Waals surface area (Å²) in [4.78, 5) is 0. The Morgan fingerprint density at radius 3 is 2.25 bits per heavy atom. The molecule has 36 heavy (non-hydrogen) atoms. The molecule has 0 aromatic heterocycles. The molecule has 2 saturated heterocycles. The van der Waals surface area contributed by atoms with Gasteiger partial charge in [-0.15, -0.1) is 0 Å². The van der Waals surface area contributed by atoms with Gasteiger partial charge in [-0.1, -0.05) is 34.6 Å². The first-order chi connectivity index (χ1) is 16.7. The highest BCUT2D eigenvalue weighted by molar-refractivity contribution is 5.34. The molecule has 5 saturated carbocycles. The van der Waals surface area contributed by atoms with E-state index in [0.29, 0.717) is 28.6 Å². The summed E-state index contributed by atoms with van der Waals surface area (Å²) >= 11 is 0. The molecule has 0 amide bonds. The molecule has 2 aliphatic heterocycles. The summed E-state index contributed by atoms with van der Waals surface area (Å²) in [6.07, 6.45) is 8.04. The molecule has 2 heterocycles. The van der Waals surface area contributed by atoms with Crippen molar-refractivity contribution in [3.05, 3.63) is 0 Å². The lowest BCUT2D eigenvalue weighted by molar-refractivity contribution is -0.283. The Morgan fingerprint density at radius 2 is 1.56 bits per heavy atom. The van der Waals surface area contributed by atoms with Crippen LogP contribution in [-0.4, -0.2) is 53.1 Å². The average Bonchev–Trinajstić information content (AvgIpc) is 3.34. The van der Waals surface area contributed by atoms with Crippen LogP contribution in [0.25, 0.3) is 0 Å². The van der Waals surface area contributed by atoms with Gasteiger partial charge in [-0.3, -0.25) is 0 Å². The van der Waals surface area contributed by atoms with Gasteiger partial charge in [-0.25, -0.2) is 0 Å². The van der Waals surface area contributed by atoms with Gasteiger partial charge >= 0.3 is 0 Å². The minimum Gasteiger partial charge on any atom is -0.393 e. The number of aliphatic hydroxyl groups excluding tert-OH is 2. The zero-order valence-corrected chi connectivity index (χ0v) is 23.9. The predicted octanol–water partition coefficient (Wildman–Crippen LogP) is 5.31. The number of aliphatic hydroxyl groups is 2. The van der Waals surface area contributed by atoms with E-state index in [4.69, 9.17) is 14.2 Å². The van der Waals surface area contributed by atoms with Crippen LogP contribution in [0.1, 0.15) is 99.8 Å². The van der Waals surface area contributed by atoms with Crippen molar-refractivity contribution >= 4 is 0 Å². The number of rotatable bonds is 2. The van der Waals surface area contributed by atoms with E-state index in [0.717, 1.165) is 32.1 Å². The zero-order chi connectivity index (χ0) is 25.9. The first kappa shape index (κ1) is 24.8. The molecule has 5 nitrogen and oxygen atoms in total. The van der Waals surface area contributed by atoms with Gasteiger partial charge in [-0.2, -0.15) is 0 Å². The van der Waals surface area contributed by atoms with Gasteiger partial charge in [0.25, 0.3) is 0 Å². The lowest BCUT2D eigenvalue weighted by atomic mass is 9.41. The van der Waals surface area contributed by atoms with Crippen LogP contribution >= 0.6 is 0 Å². The minimum atomic E-state index is -0.932. The molecule has 5 heteroatoms. The fraction of sp³-hybridized carbons (Fsp3) is 1.00. The maximum absolute atomic E-state index is 12.6. The number of hydrogen-bond donors (Lipinski definition) is 2. The quantitative estimate of drug-likeness (QED) is 0.535. The molecule has 2 N–H and O–H groups in total. The summed E-state index contributed by atoms with van der Waals surface area (Å²) in [5.74, 6) is 0.761. The molecule has 204 valence electrons. The number of methoxy groups -OCH3 is 1. The van der Waals surface area contributed by atoms with Crippen molar-refractivity contribution in [3.8, 4) is 0 Å². The molecule has 13 unspecified atom stereocenters. The van der Waals surface area contributed by atoms with Crippen LogP contribution in [-0.2, 0) is 14.2 Å². The Balaban J connectivity index is 1.32. The lowest BCUT2D eigenvalue weighted by Crippen LogP contribution is -2.60. The minimum absolute atomic E-state index is 0.0201. The summed E-state index contributed by atoms with van der Waals surface area (Å²) in [5, 5.41) is 23.5. The fourth-order valence-electron chi connectivity index (χ4n) is 12.8. The molecule has 7 aliphatic rings. The first-order valence-electron chi connectivity index (χ1n) is 14.9. The van der Waals surface area contributed by atoms with Crippen LogP contribution < -0.4 is 0 Å². The van der Waals surface area contributed by atoms with Crippen LogP contribution in [0.5, 0.6) is 0 Å². The largest absolute Gasteiger partial charge is 0.393 e. The van der Waals surface area contributed by atoms with Crippen LogP contribution in [0.3, 0.4) is 0 Å². The Labute approximate surface area is 218 Å². The molecule has 0 aromatic carbocycles. The molecule has 7 fully saturated rings. The van der Waals surface area contributed by atoms with E-state index >= 15 is 0 Å². The van der Waals surface area contributed by atoms with Crippen LogP contribution in [0.15, 0.2) is 0 Å². The molecular formula is C31H50O5. The Kier molecular flexibility index (Phi) is 4.65. The zero-order valence-electron chi connectivity index (χ0n) is 23.9. The van der Waals surface area contributed by atoms with Gasteiger partial charge in [0, 0.05) is 18.4 Å². The van der Waals surface area contributed by atoms with Gasteiger partial charge in [0.1, 0.15) is 12.2 Å². The van der Waals surface area contributed by atoms with Crippen molar-refractivity contribution in [2.24, 2.45) is 50.7 Å². The second-order valence-corrected chi connectivity index (χ2v) is 16.1. The summed E-state index contributed by atoms with van der Waals surface area (Å²) in [5.41, 5.74) is -0.113. The number of hydrogen-bond acceptors (Lipinski definition) is 5. The second kappa shape index (κ2) is 6.74. The highest BCUT2D eigenvalue weighted by Crippen LogP contribution is 2.90. The molecule has 3 spiro atoms. The SMILES string of the molecule is COC(C)(C)C1OC23OC1CC(C)C2C1(C)CCC24CC25CCC(O)C(C)(C)C5CCC4C1(C)C3O. The predicted molar refractivity (Wildman–Crippen MR) is 137 cm³/mol. The summed E-state index contributed by atoms with van der Waals surface area (Å²) in [7, 11) is 1.76. The van der Waals surface area contributed by atoms with E-state index in [-0.39, 0.29) is 40.5 Å². The van der Waals surface area contributed by atoms with E-state index in [2.05, 4.69) is 48.5 Å². The van der Waals surface area contributed by atoms with Crippen molar-refractivity contribution < 1.29 is 24.4 Å². The molecular weight excluding hydrogens is 452 g/mol. The summed E-state index contributed by atoms with van der Waals surface area (Å²) < 4.78 is 19.8. The van der Waals surface area contributed by atoms with Crippen molar-refractivity contribution in [1.29, 1.82) is 0 Å². The number of fused-ring (bicyclic) bond motifs is 4. The molecule has 0 radical (unpaired) electrons. The maximum Gasteiger partial charge on any atom is 0.199 e. The van der Waals surface area contributed by atoms with E-state index in [1.54, 1.807) is 7.11 Å².